The minimum Gasteiger partial charge on any atom is -0.371 e. The summed E-state index contributed by atoms with van der Waals surface area (Å²) in [5.41, 5.74) is 1.25. The average Bonchev–Trinajstić information content (AvgIpc) is 3.47. The third kappa shape index (κ3) is 3.17. The Labute approximate surface area is 141 Å². The quantitative estimate of drug-likeness (QED) is 0.810. The Hall–Kier alpha value is -2.27. The fraction of sp³-hybridized carbons (Fsp3) is 0.421. The summed E-state index contributed by atoms with van der Waals surface area (Å²) in [5.74, 6) is 1.52. The number of hydrogen-bond acceptors (Lipinski definition) is 5. The third-order valence-corrected chi connectivity index (χ3v) is 4.69. The second kappa shape index (κ2) is 6.32. The summed E-state index contributed by atoms with van der Waals surface area (Å²) in [4.78, 5) is 23.4. The van der Waals surface area contributed by atoms with Gasteiger partial charge in [0.05, 0.1) is 12.2 Å². The first kappa shape index (κ1) is 15.3. The number of rotatable bonds is 4. The number of nitrogens with zero attached hydrogens (tertiary/aromatic N) is 3. The molecule has 1 aliphatic carbocycles. The van der Waals surface area contributed by atoms with E-state index in [9.17, 15) is 4.79 Å². The van der Waals surface area contributed by atoms with Crippen molar-refractivity contribution in [2.24, 2.45) is 5.92 Å². The SMILES string of the molecule is C[C@@H]1CN(c2cc(C(=O)c3cccnc3)ccn2)C[C@H](C2CC2)O1. The lowest BCUT2D eigenvalue weighted by Gasteiger charge is -2.37. The number of carbonyl (C=O) groups excluding carboxylic acids is 1. The molecule has 1 saturated heterocycles. The molecule has 1 aliphatic heterocycles. The van der Waals surface area contributed by atoms with Gasteiger partial charge in [-0.3, -0.25) is 9.78 Å². The molecule has 2 aromatic heterocycles. The summed E-state index contributed by atoms with van der Waals surface area (Å²) < 4.78 is 6.06. The summed E-state index contributed by atoms with van der Waals surface area (Å²) in [6, 6.07) is 7.22. The summed E-state index contributed by atoms with van der Waals surface area (Å²) in [6.07, 6.45) is 7.98. The van der Waals surface area contributed by atoms with Gasteiger partial charge in [0.1, 0.15) is 5.82 Å². The van der Waals surface area contributed by atoms with Gasteiger partial charge < -0.3 is 9.64 Å². The lowest BCUT2D eigenvalue weighted by atomic mass is 10.1. The lowest BCUT2D eigenvalue weighted by Crippen LogP contribution is -2.47. The zero-order valence-corrected chi connectivity index (χ0v) is 13.8. The van der Waals surface area contributed by atoms with Crippen molar-refractivity contribution in [3.63, 3.8) is 0 Å². The van der Waals surface area contributed by atoms with Gasteiger partial charge in [-0.25, -0.2) is 4.98 Å². The van der Waals surface area contributed by atoms with Crippen LogP contribution in [0.4, 0.5) is 5.82 Å². The number of anilines is 1. The second-order valence-electron chi connectivity index (χ2n) is 6.70. The fourth-order valence-corrected chi connectivity index (χ4v) is 3.30. The minimum atomic E-state index is -0.0215. The van der Waals surface area contributed by atoms with E-state index in [0.29, 0.717) is 17.0 Å². The first-order valence-corrected chi connectivity index (χ1v) is 8.52. The van der Waals surface area contributed by atoms with Crippen LogP contribution in [0.1, 0.15) is 35.7 Å². The highest BCUT2D eigenvalue weighted by Crippen LogP contribution is 2.37. The molecule has 0 N–H and O–H groups in total. The van der Waals surface area contributed by atoms with Gasteiger partial charge >= 0.3 is 0 Å². The van der Waals surface area contributed by atoms with Crippen LogP contribution in [0.3, 0.4) is 0 Å². The number of aromatic nitrogens is 2. The van der Waals surface area contributed by atoms with Crippen molar-refractivity contribution in [3.8, 4) is 0 Å². The highest BCUT2D eigenvalue weighted by atomic mass is 16.5. The number of pyridine rings is 2. The van der Waals surface area contributed by atoms with Crippen LogP contribution in [0.15, 0.2) is 42.9 Å². The van der Waals surface area contributed by atoms with Crippen LogP contribution >= 0.6 is 0 Å². The lowest BCUT2D eigenvalue weighted by molar-refractivity contribution is -0.0273. The number of hydrogen-bond donors (Lipinski definition) is 0. The van der Waals surface area contributed by atoms with Crippen LogP contribution < -0.4 is 4.90 Å². The summed E-state index contributed by atoms with van der Waals surface area (Å²) in [7, 11) is 0. The topological polar surface area (TPSA) is 55.3 Å². The molecule has 0 spiro atoms. The van der Waals surface area contributed by atoms with E-state index in [2.05, 4.69) is 21.8 Å². The third-order valence-electron chi connectivity index (χ3n) is 4.69. The van der Waals surface area contributed by atoms with Gasteiger partial charge in [0.2, 0.25) is 0 Å². The number of carbonyl (C=O) groups is 1. The van der Waals surface area contributed by atoms with Crippen LogP contribution in [0.25, 0.3) is 0 Å². The molecule has 4 rings (SSSR count). The van der Waals surface area contributed by atoms with E-state index in [4.69, 9.17) is 4.74 Å². The Morgan fingerprint density at radius 3 is 2.83 bits per heavy atom. The maximum atomic E-state index is 12.6. The predicted molar refractivity (Wildman–Crippen MR) is 91.2 cm³/mol. The zero-order chi connectivity index (χ0) is 16.5. The highest BCUT2D eigenvalue weighted by Gasteiger charge is 2.37. The van der Waals surface area contributed by atoms with E-state index in [1.165, 1.54) is 12.8 Å². The van der Waals surface area contributed by atoms with Crippen molar-refractivity contribution in [2.75, 3.05) is 18.0 Å². The van der Waals surface area contributed by atoms with E-state index in [1.807, 2.05) is 6.07 Å². The Balaban J connectivity index is 1.57. The van der Waals surface area contributed by atoms with Crippen LogP contribution in [0.5, 0.6) is 0 Å². The number of morpholine rings is 1. The maximum Gasteiger partial charge on any atom is 0.194 e. The molecule has 0 amide bonds. The van der Waals surface area contributed by atoms with Gasteiger partial charge in [-0.2, -0.15) is 0 Å². The molecule has 2 aromatic rings. The molecule has 0 bridgehead atoms. The molecular formula is C19H21N3O2. The van der Waals surface area contributed by atoms with E-state index in [0.717, 1.165) is 18.9 Å². The summed E-state index contributed by atoms with van der Waals surface area (Å²) in [5, 5.41) is 0. The van der Waals surface area contributed by atoms with Gasteiger partial charge in [0.25, 0.3) is 0 Å². The van der Waals surface area contributed by atoms with Gasteiger partial charge in [-0.1, -0.05) is 0 Å². The van der Waals surface area contributed by atoms with Crippen LogP contribution in [0.2, 0.25) is 0 Å². The smallest absolute Gasteiger partial charge is 0.194 e. The standard InChI is InChI=1S/C19H21N3O2/c1-13-11-22(12-17(24-13)14-4-5-14)18-9-15(6-8-21-18)19(23)16-3-2-7-20-10-16/h2-3,6-10,13-14,17H,4-5,11-12H2,1H3/t13-,17-/m1/s1. The second-order valence-corrected chi connectivity index (χ2v) is 6.70. The van der Waals surface area contributed by atoms with Crippen molar-refractivity contribution in [1.29, 1.82) is 0 Å². The van der Waals surface area contributed by atoms with E-state index >= 15 is 0 Å². The molecule has 1 saturated carbocycles. The summed E-state index contributed by atoms with van der Waals surface area (Å²) in [6.45, 7) is 3.76. The van der Waals surface area contributed by atoms with E-state index < -0.39 is 0 Å². The van der Waals surface area contributed by atoms with Crippen molar-refractivity contribution < 1.29 is 9.53 Å². The Morgan fingerprint density at radius 1 is 1.21 bits per heavy atom. The van der Waals surface area contributed by atoms with Crippen molar-refractivity contribution in [1.82, 2.24) is 9.97 Å². The normalized spacial score (nSPS) is 24.0. The van der Waals surface area contributed by atoms with Crippen molar-refractivity contribution in [3.05, 3.63) is 54.0 Å². The maximum absolute atomic E-state index is 12.6. The van der Waals surface area contributed by atoms with Gasteiger partial charge in [0.15, 0.2) is 5.78 Å². The van der Waals surface area contributed by atoms with Crippen LogP contribution in [0, 0.1) is 5.92 Å². The Kier molecular flexibility index (Phi) is 4.02. The van der Waals surface area contributed by atoms with E-state index in [-0.39, 0.29) is 18.0 Å². The van der Waals surface area contributed by atoms with E-state index in [1.54, 1.807) is 36.8 Å². The zero-order valence-electron chi connectivity index (χ0n) is 13.8. The highest BCUT2D eigenvalue weighted by molar-refractivity contribution is 6.09. The van der Waals surface area contributed by atoms with Gasteiger partial charge in [0, 0.05) is 42.8 Å². The van der Waals surface area contributed by atoms with Crippen LogP contribution in [-0.4, -0.2) is 41.0 Å². The molecule has 0 unspecified atom stereocenters. The largest absolute Gasteiger partial charge is 0.371 e. The van der Waals surface area contributed by atoms with Crippen molar-refractivity contribution >= 4 is 11.6 Å². The fourth-order valence-electron chi connectivity index (χ4n) is 3.30. The molecule has 0 aromatic carbocycles. The molecule has 124 valence electrons. The Morgan fingerprint density at radius 2 is 2.08 bits per heavy atom. The molecule has 5 nitrogen and oxygen atoms in total. The molecule has 2 atom stereocenters. The number of ketones is 1. The van der Waals surface area contributed by atoms with Gasteiger partial charge in [-0.15, -0.1) is 0 Å². The Bertz CT molecular complexity index is 730. The molecule has 24 heavy (non-hydrogen) atoms. The summed E-state index contributed by atoms with van der Waals surface area (Å²) >= 11 is 0. The first-order valence-electron chi connectivity index (χ1n) is 8.52. The molecule has 3 heterocycles. The van der Waals surface area contributed by atoms with Crippen molar-refractivity contribution in [2.45, 2.75) is 32.0 Å². The first-order chi connectivity index (χ1) is 11.7. The van der Waals surface area contributed by atoms with Gasteiger partial charge in [-0.05, 0) is 49.9 Å². The molecule has 2 fully saturated rings. The monoisotopic (exact) mass is 323 g/mol. The predicted octanol–water partition coefficient (Wildman–Crippen LogP) is 2.71. The van der Waals surface area contributed by atoms with Crippen LogP contribution in [-0.2, 0) is 4.74 Å². The molecule has 5 heteroatoms. The molecule has 0 radical (unpaired) electrons. The average molecular weight is 323 g/mol. The molecular weight excluding hydrogens is 302 g/mol. The molecule has 2 aliphatic rings. The number of ether oxygens (including phenoxy) is 1. The minimum absolute atomic E-state index is 0.0215.